The monoisotopic (exact) mass is 463 g/mol. The van der Waals surface area contributed by atoms with Crippen LogP contribution in [0.4, 0.5) is 10.5 Å². The Morgan fingerprint density at radius 1 is 1.03 bits per heavy atom. The number of carbonyl (C=O) groups is 1. The van der Waals surface area contributed by atoms with E-state index in [-0.39, 0.29) is 17.5 Å². The van der Waals surface area contributed by atoms with E-state index < -0.39 is 0 Å². The summed E-state index contributed by atoms with van der Waals surface area (Å²) in [6.07, 6.45) is 7.36. The van der Waals surface area contributed by atoms with Crippen LogP contribution >= 0.6 is 11.6 Å². The molecule has 3 aromatic rings. The zero-order valence-corrected chi connectivity index (χ0v) is 20.0. The number of halogens is 1. The van der Waals surface area contributed by atoms with Gasteiger partial charge in [0.25, 0.3) is 0 Å². The number of carbonyl (C=O) groups excluding carboxylic acids is 1. The normalized spacial score (nSPS) is 14.7. The van der Waals surface area contributed by atoms with Crippen molar-refractivity contribution in [3.05, 3.63) is 65.7 Å². The molecule has 0 bridgehead atoms. The number of urea groups is 1. The summed E-state index contributed by atoms with van der Waals surface area (Å²) in [6, 6.07) is 11.7. The fourth-order valence-corrected chi connectivity index (χ4v) is 4.20. The molecule has 1 fully saturated rings. The van der Waals surface area contributed by atoms with Gasteiger partial charge < -0.3 is 16.0 Å². The molecule has 0 unspecified atom stereocenters. The molecule has 0 spiro atoms. The second-order valence-electron chi connectivity index (χ2n) is 9.46. The number of hydrogen-bond acceptors (Lipinski definition) is 4. The second-order valence-corrected chi connectivity index (χ2v) is 9.87. The van der Waals surface area contributed by atoms with Crippen LogP contribution in [-0.2, 0) is 5.41 Å². The molecule has 2 aromatic heterocycles. The van der Waals surface area contributed by atoms with Gasteiger partial charge in [-0.2, -0.15) is 0 Å². The van der Waals surface area contributed by atoms with Gasteiger partial charge in [0.15, 0.2) is 0 Å². The summed E-state index contributed by atoms with van der Waals surface area (Å²) < 4.78 is 0. The molecule has 1 aliphatic rings. The Hall–Kier alpha value is -2.96. The summed E-state index contributed by atoms with van der Waals surface area (Å²) in [4.78, 5) is 21.3. The number of nitrogens with one attached hydrogen (secondary N) is 3. The van der Waals surface area contributed by atoms with Crippen molar-refractivity contribution < 1.29 is 4.79 Å². The van der Waals surface area contributed by atoms with Crippen LogP contribution < -0.4 is 16.0 Å². The molecule has 3 heterocycles. The zero-order valence-electron chi connectivity index (χ0n) is 19.3. The third-order valence-electron chi connectivity index (χ3n) is 5.81. The highest BCUT2D eigenvalue weighted by atomic mass is 35.5. The first-order chi connectivity index (χ1) is 15.8. The Kier molecular flexibility index (Phi) is 6.96. The summed E-state index contributed by atoms with van der Waals surface area (Å²) in [7, 11) is 0. The van der Waals surface area contributed by atoms with E-state index in [0.717, 1.165) is 53.9 Å². The van der Waals surface area contributed by atoms with Gasteiger partial charge in [-0.25, -0.2) is 4.79 Å². The van der Waals surface area contributed by atoms with Gasteiger partial charge in [0.05, 0.1) is 5.02 Å². The van der Waals surface area contributed by atoms with Gasteiger partial charge in [0, 0.05) is 58.1 Å². The molecule has 4 rings (SSSR count). The van der Waals surface area contributed by atoms with Gasteiger partial charge in [0.2, 0.25) is 0 Å². The lowest BCUT2D eigenvalue weighted by Crippen LogP contribution is -2.44. The number of amides is 2. The highest BCUT2D eigenvalue weighted by molar-refractivity contribution is 6.33. The first-order valence-corrected chi connectivity index (χ1v) is 11.7. The number of hydrogen-bond donors (Lipinski definition) is 3. The molecular weight excluding hydrogens is 434 g/mol. The number of benzene rings is 1. The van der Waals surface area contributed by atoms with E-state index in [2.05, 4.69) is 58.8 Å². The topological polar surface area (TPSA) is 78.9 Å². The fraction of sp³-hybridized carbons (Fsp3) is 0.346. The molecule has 0 saturated carbocycles. The lowest BCUT2D eigenvalue weighted by Gasteiger charge is -2.23. The Balaban J connectivity index is 1.51. The quantitative estimate of drug-likeness (QED) is 0.468. The molecule has 33 heavy (non-hydrogen) atoms. The molecule has 2 amide bonds. The van der Waals surface area contributed by atoms with Gasteiger partial charge in [-0.3, -0.25) is 9.97 Å². The molecule has 172 valence electrons. The van der Waals surface area contributed by atoms with Crippen molar-refractivity contribution in [2.24, 2.45) is 0 Å². The number of nitrogens with zero attached hydrogens (tertiary/aromatic N) is 2. The third-order valence-corrected chi connectivity index (χ3v) is 6.12. The van der Waals surface area contributed by atoms with E-state index in [9.17, 15) is 4.79 Å². The Bertz CT molecular complexity index is 1140. The van der Waals surface area contributed by atoms with Crippen molar-refractivity contribution in [1.82, 2.24) is 20.6 Å². The van der Waals surface area contributed by atoms with E-state index in [1.165, 1.54) is 0 Å². The Labute approximate surface area is 200 Å². The summed E-state index contributed by atoms with van der Waals surface area (Å²) in [5.74, 6) is 0. The number of aromatic nitrogens is 2. The Morgan fingerprint density at radius 3 is 2.52 bits per heavy atom. The molecule has 1 aromatic carbocycles. The van der Waals surface area contributed by atoms with Crippen LogP contribution in [0.1, 0.15) is 39.3 Å². The van der Waals surface area contributed by atoms with E-state index in [0.29, 0.717) is 10.7 Å². The maximum atomic E-state index is 12.3. The molecule has 7 heteroatoms. The van der Waals surface area contributed by atoms with Crippen LogP contribution in [-0.4, -0.2) is 35.1 Å². The molecule has 1 saturated heterocycles. The molecule has 6 nitrogen and oxygen atoms in total. The van der Waals surface area contributed by atoms with Crippen LogP contribution in [0, 0.1) is 0 Å². The largest absolute Gasteiger partial charge is 0.335 e. The first kappa shape index (κ1) is 23.2. The van der Waals surface area contributed by atoms with E-state index in [1.807, 2.05) is 30.6 Å². The molecule has 0 atom stereocenters. The number of pyridine rings is 2. The fourth-order valence-electron chi connectivity index (χ4n) is 3.91. The van der Waals surface area contributed by atoms with E-state index in [4.69, 9.17) is 11.6 Å². The lowest BCUT2D eigenvalue weighted by molar-refractivity contribution is 0.245. The van der Waals surface area contributed by atoms with Crippen molar-refractivity contribution >= 4 is 23.3 Å². The molecule has 0 aliphatic carbocycles. The van der Waals surface area contributed by atoms with Crippen LogP contribution in [0.15, 0.2) is 55.0 Å². The first-order valence-electron chi connectivity index (χ1n) is 11.3. The minimum Gasteiger partial charge on any atom is -0.335 e. The van der Waals surface area contributed by atoms with Crippen molar-refractivity contribution in [1.29, 1.82) is 0 Å². The average molecular weight is 464 g/mol. The highest BCUT2D eigenvalue weighted by Gasteiger charge is 2.17. The summed E-state index contributed by atoms with van der Waals surface area (Å²) in [5.41, 5.74) is 5.49. The van der Waals surface area contributed by atoms with Gasteiger partial charge in [-0.15, -0.1) is 0 Å². The predicted octanol–water partition coefficient (Wildman–Crippen LogP) is 5.64. The van der Waals surface area contributed by atoms with Crippen LogP contribution in [0.5, 0.6) is 0 Å². The van der Waals surface area contributed by atoms with Crippen molar-refractivity contribution in [3.8, 4) is 22.3 Å². The minimum atomic E-state index is -0.207. The number of anilines is 1. The SMILES string of the molecule is CC(C)(C)c1cc(-c2cncc(-c3ccc(NC(=O)NC4CCNCC4)cc3Cl)c2)ccn1. The summed E-state index contributed by atoms with van der Waals surface area (Å²) in [6.45, 7) is 8.30. The lowest BCUT2D eigenvalue weighted by atomic mass is 9.90. The van der Waals surface area contributed by atoms with Crippen LogP contribution in [0.3, 0.4) is 0 Å². The maximum absolute atomic E-state index is 12.3. The summed E-state index contributed by atoms with van der Waals surface area (Å²) >= 11 is 6.60. The Morgan fingerprint density at radius 2 is 1.79 bits per heavy atom. The number of rotatable bonds is 4. The average Bonchev–Trinajstić information content (AvgIpc) is 2.79. The predicted molar refractivity (Wildman–Crippen MR) is 135 cm³/mol. The van der Waals surface area contributed by atoms with Crippen molar-refractivity contribution in [2.45, 2.75) is 45.1 Å². The van der Waals surface area contributed by atoms with E-state index in [1.54, 1.807) is 12.3 Å². The van der Waals surface area contributed by atoms with E-state index >= 15 is 0 Å². The number of piperidine rings is 1. The van der Waals surface area contributed by atoms with Crippen LogP contribution in [0.2, 0.25) is 5.02 Å². The zero-order chi connectivity index (χ0) is 23.4. The molecule has 1 aliphatic heterocycles. The van der Waals surface area contributed by atoms with Crippen LogP contribution in [0.25, 0.3) is 22.3 Å². The smallest absolute Gasteiger partial charge is 0.319 e. The standard InChI is InChI=1S/C26H30ClN5O/c1-26(2,3)24-13-17(6-11-30-24)18-12-19(16-29-15-18)22-5-4-21(14-23(22)27)32-25(33)31-20-7-9-28-10-8-20/h4-6,11-16,20,28H,7-10H2,1-3H3,(H2,31,32,33). The van der Waals surface area contributed by atoms with Gasteiger partial charge in [-0.05, 0) is 61.8 Å². The molecule has 0 radical (unpaired) electrons. The molecular formula is C26H30ClN5O. The van der Waals surface area contributed by atoms with Crippen molar-refractivity contribution in [3.63, 3.8) is 0 Å². The summed E-state index contributed by atoms with van der Waals surface area (Å²) in [5, 5.41) is 9.76. The van der Waals surface area contributed by atoms with Gasteiger partial charge >= 0.3 is 6.03 Å². The maximum Gasteiger partial charge on any atom is 0.319 e. The minimum absolute atomic E-state index is 0.0344. The third kappa shape index (κ3) is 5.89. The highest BCUT2D eigenvalue weighted by Crippen LogP contribution is 2.33. The second kappa shape index (κ2) is 9.89. The van der Waals surface area contributed by atoms with Crippen molar-refractivity contribution in [2.75, 3.05) is 18.4 Å². The molecule has 3 N–H and O–H groups in total. The van der Waals surface area contributed by atoms with Gasteiger partial charge in [-0.1, -0.05) is 38.4 Å². The van der Waals surface area contributed by atoms with Gasteiger partial charge in [0.1, 0.15) is 0 Å².